The molecule has 1 fully saturated rings. The van der Waals surface area contributed by atoms with Crippen molar-refractivity contribution >= 4 is 5.82 Å². The van der Waals surface area contributed by atoms with Gasteiger partial charge in [-0.3, -0.25) is 4.90 Å². The first-order valence-corrected chi connectivity index (χ1v) is 7.42. The van der Waals surface area contributed by atoms with Gasteiger partial charge in [-0.05, 0) is 26.0 Å². The van der Waals surface area contributed by atoms with Crippen LogP contribution in [0.3, 0.4) is 0 Å². The minimum atomic E-state index is 0.656. The van der Waals surface area contributed by atoms with E-state index in [2.05, 4.69) is 26.0 Å². The van der Waals surface area contributed by atoms with E-state index in [9.17, 15) is 0 Å². The highest BCUT2D eigenvalue weighted by Crippen LogP contribution is 2.18. The largest absolute Gasteiger partial charge is 0.361 e. The average molecular weight is 297 g/mol. The Morgan fingerprint density at radius 3 is 2.68 bits per heavy atom. The lowest BCUT2D eigenvalue weighted by Gasteiger charge is -2.35. The smallest absolute Gasteiger partial charge is 0.138 e. The standard InChI is InChI=1S/C16H19N5O/c1-12-15(13(2)22-19-12)11-20-5-7-21(8-6-20)16-9-14(10-17)3-4-18-16/h3-4,9H,5-8,11H2,1-2H3. The Labute approximate surface area is 129 Å². The molecule has 0 spiro atoms. The van der Waals surface area contributed by atoms with Crippen LogP contribution < -0.4 is 4.90 Å². The van der Waals surface area contributed by atoms with Gasteiger partial charge in [0.05, 0.1) is 17.3 Å². The summed E-state index contributed by atoms with van der Waals surface area (Å²) in [5.41, 5.74) is 2.82. The quantitative estimate of drug-likeness (QED) is 0.861. The van der Waals surface area contributed by atoms with Crippen LogP contribution in [0.4, 0.5) is 5.82 Å². The number of nitrogens with zero attached hydrogens (tertiary/aromatic N) is 5. The number of aromatic nitrogens is 2. The predicted molar refractivity (Wildman–Crippen MR) is 82.4 cm³/mol. The van der Waals surface area contributed by atoms with Gasteiger partial charge in [-0.25, -0.2) is 4.98 Å². The number of anilines is 1. The van der Waals surface area contributed by atoms with Crippen molar-refractivity contribution in [2.75, 3.05) is 31.1 Å². The second kappa shape index (κ2) is 6.16. The molecule has 0 unspecified atom stereocenters. The fraction of sp³-hybridized carbons (Fsp3) is 0.438. The van der Waals surface area contributed by atoms with Crippen molar-refractivity contribution in [2.24, 2.45) is 0 Å². The maximum Gasteiger partial charge on any atom is 0.138 e. The number of aryl methyl sites for hydroxylation is 2. The average Bonchev–Trinajstić information content (AvgIpc) is 2.87. The van der Waals surface area contributed by atoms with E-state index in [1.807, 2.05) is 19.9 Å². The number of rotatable bonds is 3. The third-order valence-electron chi connectivity index (χ3n) is 4.13. The molecule has 6 nitrogen and oxygen atoms in total. The second-order valence-corrected chi connectivity index (χ2v) is 5.58. The number of piperazine rings is 1. The Morgan fingerprint density at radius 1 is 1.27 bits per heavy atom. The van der Waals surface area contributed by atoms with E-state index >= 15 is 0 Å². The number of nitriles is 1. The van der Waals surface area contributed by atoms with Crippen LogP contribution in [0.2, 0.25) is 0 Å². The van der Waals surface area contributed by atoms with Crippen LogP contribution in [-0.2, 0) is 6.54 Å². The Bertz CT molecular complexity index is 675. The van der Waals surface area contributed by atoms with E-state index in [0.717, 1.165) is 50.0 Å². The molecule has 0 N–H and O–H groups in total. The van der Waals surface area contributed by atoms with Gasteiger partial charge in [0, 0.05) is 44.5 Å². The molecule has 22 heavy (non-hydrogen) atoms. The Hall–Kier alpha value is -2.39. The molecule has 0 aromatic carbocycles. The lowest BCUT2D eigenvalue weighted by molar-refractivity contribution is 0.247. The zero-order valence-electron chi connectivity index (χ0n) is 12.9. The molecule has 1 aliphatic rings. The van der Waals surface area contributed by atoms with Crippen LogP contribution in [-0.4, -0.2) is 41.2 Å². The van der Waals surface area contributed by atoms with Gasteiger partial charge in [-0.15, -0.1) is 0 Å². The molecule has 0 atom stereocenters. The molecule has 114 valence electrons. The molecule has 0 saturated carbocycles. The molecule has 0 bridgehead atoms. The zero-order chi connectivity index (χ0) is 15.5. The fourth-order valence-electron chi connectivity index (χ4n) is 2.75. The van der Waals surface area contributed by atoms with Crippen LogP contribution in [0.1, 0.15) is 22.6 Å². The van der Waals surface area contributed by atoms with E-state index in [0.29, 0.717) is 5.56 Å². The first-order chi connectivity index (χ1) is 10.7. The van der Waals surface area contributed by atoms with Gasteiger partial charge >= 0.3 is 0 Å². The molecule has 2 aromatic rings. The van der Waals surface area contributed by atoms with Crippen LogP contribution in [0.5, 0.6) is 0 Å². The Kier molecular flexibility index (Phi) is 4.07. The monoisotopic (exact) mass is 297 g/mol. The minimum absolute atomic E-state index is 0.656. The lowest BCUT2D eigenvalue weighted by atomic mass is 10.1. The van der Waals surface area contributed by atoms with Crippen molar-refractivity contribution in [2.45, 2.75) is 20.4 Å². The SMILES string of the molecule is Cc1noc(C)c1CN1CCN(c2cc(C#N)ccn2)CC1. The summed E-state index contributed by atoms with van der Waals surface area (Å²) in [4.78, 5) is 9.00. The van der Waals surface area contributed by atoms with Crippen molar-refractivity contribution in [3.63, 3.8) is 0 Å². The van der Waals surface area contributed by atoms with E-state index in [1.54, 1.807) is 12.3 Å². The van der Waals surface area contributed by atoms with Crippen LogP contribution in [0.25, 0.3) is 0 Å². The molecular weight excluding hydrogens is 278 g/mol. The van der Waals surface area contributed by atoms with Gasteiger partial charge in [0.25, 0.3) is 0 Å². The van der Waals surface area contributed by atoms with E-state index in [1.165, 1.54) is 5.56 Å². The topological polar surface area (TPSA) is 69.2 Å². The molecule has 1 saturated heterocycles. The second-order valence-electron chi connectivity index (χ2n) is 5.58. The van der Waals surface area contributed by atoms with Crippen LogP contribution in [0.15, 0.2) is 22.9 Å². The van der Waals surface area contributed by atoms with Gasteiger partial charge in [-0.2, -0.15) is 5.26 Å². The molecule has 3 rings (SSSR count). The Morgan fingerprint density at radius 2 is 2.05 bits per heavy atom. The lowest BCUT2D eigenvalue weighted by Crippen LogP contribution is -2.46. The highest BCUT2D eigenvalue weighted by molar-refractivity contribution is 5.45. The molecule has 6 heteroatoms. The van der Waals surface area contributed by atoms with Crippen molar-refractivity contribution in [3.05, 3.63) is 40.9 Å². The van der Waals surface area contributed by atoms with Crippen molar-refractivity contribution in [1.82, 2.24) is 15.0 Å². The predicted octanol–water partition coefficient (Wildman–Crippen LogP) is 1.88. The normalized spacial score (nSPS) is 15.8. The first kappa shape index (κ1) is 14.5. The zero-order valence-corrected chi connectivity index (χ0v) is 12.9. The summed E-state index contributed by atoms with van der Waals surface area (Å²) in [7, 11) is 0. The highest BCUT2D eigenvalue weighted by Gasteiger charge is 2.20. The number of pyridine rings is 1. The molecule has 0 aliphatic carbocycles. The van der Waals surface area contributed by atoms with Gasteiger partial charge in [0.15, 0.2) is 0 Å². The summed E-state index contributed by atoms with van der Waals surface area (Å²) < 4.78 is 5.23. The molecule has 3 heterocycles. The first-order valence-electron chi connectivity index (χ1n) is 7.42. The summed E-state index contributed by atoms with van der Waals surface area (Å²) in [6.07, 6.45) is 1.70. The third kappa shape index (κ3) is 2.95. The summed E-state index contributed by atoms with van der Waals surface area (Å²) in [6, 6.07) is 5.75. The summed E-state index contributed by atoms with van der Waals surface area (Å²) in [5, 5.41) is 13.0. The Balaban J connectivity index is 1.62. The van der Waals surface area contributed by atoms with Gasteiger partial charge < -0.3 is 9.42 Å². The summed E-state index contributed by atoms with van der Waals surface area (Å²) in [6.45, 7) is 8.56. The molecule has 0 amide bonds. The van der Waals surface area contributed by atoms with E-state index < -0.39 is 0 Å². The van der Waals surface area contributed by atoms with Crippen LogP contribution in [0, 0.1) is 25.2 Å². The maximum atomic E-state index is 8.98. The van der Waals surface area contributed by atoms with Gasteiger partial charge in [-0.1, -0.05) is 5.16 Å². The third-order valence-corrected chi connectivity index (χ3v) is 4.13. The maximum absolute atomic E-state index is 8.98. The highest BCUT2D eigenvalue weighted by atomic mass is 16.5. The molecular formula is C16H19N5O. The molecule has 2 aromatic heterocycles. The van der Waals surface area contributed by atoms with E-state index in [-0.39, 0.29) is 0 Å². The fourth-order valence-corrected chi connectivity index (χ4v) is 2.75. The van der Waals surface area contributed by atoms with Crippen molar-refractivity contribution in [3.8, 4) is 6.07 Å². The van der Waals surface area contributed by atoms with E-state index in [4.69, 9.17) is 9.78 Å². The van der Waals surface area contributed by atoms with Gasteiger partial charge in [0.2, 0.25) is 0 Å². The minimum Gasteiger partial charge on any atom is -0.361 e. The number of hydrogen-bond donors (Lipinski definition) is 0. The van der Waals surface area contributed by atoms with Crippen LogP contribution >= 0.6 is 0 Å². The molecule has 1 aliphatic heterocycles. The molecule has 0 radical (unpaired) electrons. The summed E-state index contributed by atoms with van der Waals surface area (Å²) >= 11 is 0. The summed E-state index contributed by atoms with van der Waals surface area (Å²) in [5.74, 6) is 1.79. The van der Waals surface area contributed by atoms with Crippen molar-refractivity contribution in [1.29, 1.82) is 5.26 Å². The van der Waals surface area contributed by atoms with Crippen molar-refractivity contribution < 1.29 is 4.52 Å². The van der Waals surface area contributed by atoms with Gasteiger partial charge in [0.1, 0.15) is 11.6 Å². The number of hydrogen-bond acceptors (Lipinski definition) is 6.